The molecule has 2 aromatic rings. The van der Waals surface area contributed by atoms with Crippen LogP contribution in [0, 0.1) is 0 Å². The summed E-state index contributed by atoms with van der Waals surface area (Å²) in [5.41, 5.74) is 5.74. The Morgan fingerprint density at radius 3 is 2.44 bits per heavy atom. The molecule has 10 nitrogen and oxygen atoms in total. The highest BCUT2D eigenvalue weighted by molar-refractivity contribution is 7.90. The highest BCUT2D eigenvalue weighted by atomic mass is 35.5. The predicted molar refractivity (Wildman–Crippen MR) is 127 cm³/mol. The summed E-state index contributed by atoms with van der Waals surface area (Å²) in [6, 6.07) is 7.54. The van der Waals surface area contributed by atoms with Crippen molar-refractivity contribution in [3.8, 4) is 0 Å². The molecule has 2 atom stereocenters. The Hall–Kier alpha value is -3.05. The number of carbonyl (C=O) groups is 2. The minimum atomic E-state index is -4.09. The second-order valence-corrected chi connectivity index (χ2v) is 11.0. The third-order valence-electron chi connectivity index (χ3n) is 5.05. The Balaban J connectivity index is 1.64. The van der Waals surface area contributed by atoms with Gasteiger partial charge in [0.25, 0.3) is 10.0 Å². The topological polar surface area (TPSA) is 150 Å². The van der Waals surface area contributed by atoms with Gasteiger partial charge in [-0.15, -0.1) is 0 Å². The number of hydrogen-bond acceptors (Lipinski definition) is 8. The summed E-state index contributed by atoms with van der Waals surface area (Å²) in [5.74, 6) is 0.557. The number of carbonyl (C=O) groups excluding carboxylic acids is 2. The molecule has 184 valence electrons. The van der Waals surface area contributed by atoms with Crippen LogP contribution in [0.15, 0.2) is 41.4 Å². The molecule has 4 N–H and O–H groups in total. The average Bonchev–Trinajstić information content (AvgIpc) is 3.15. The highest BCUT2D eigenvalue weighted by Gasteiger charge is 2.29. The minimum Gasteiger partial charge on any atom is -0.446 e. The smallest absolute Gasteiger partial charge is 0.421 e. The maximum atomic E-state index is 12.4. The van der Waals surface area contributed by atoms with Crippen molar-refractivity contribution in [2.45, 2.75) is 62.6 Å². The molecular formula is C22H27ClN4O6S. The van der Waals surface area contributed by atoms with E-state index in [9.17, 15) is 18.0 Å². The Kier molecular flexibility index (Phi) is 7.57. The molecule has 1 fully saturated rings. The van der Waals surface area contributed by atoms with E-state index in [-0.39, 0.29) is 16.9 Å². The van der Waals surface area contributed by atoms with E-state index in [1.54, 1.807) is 33.0 Å². The lowest BCUT2D eigenvalue weighted by atomic mass is 9.99. The summed E-state index contributed by atoms with van der Waals surface area (Å²) in [6.45, 7) is 4.90. The normalized spacial score (nSPS) is 18.2. The average molecular weight is 511 g/mol. The number of rotatable bonds is 6. The van der Waals surface area contributed by atoms with Gasteiger partial charge in [-0.25, -0.2) is 27.7 Å². The fourth-order valence-electron chi connectivity index (χ4n) is 3.60. The van der Waals surface area contributed by atoms with Gasteiger partial charge in [0, 0.05) is 11.9 Å². The number of halogens is 1. The van der Waals surface area contributed by atoms with Gasteiger partial charge in [0.05, 0.1) is 9.92 Å². The van der Waals surface area contributed by atoms with E-state index >= 15 is 0 Å². The molecule has 3 rings (SSSR count). The SMILES string of the molecule is CC(C)(C)OC(=O)NS(=O)(=O)c1ccc(Nc2ncc(C3CCC(OC(N)=O)C3)cc2Cl)cc1. The highest BCUT2D eigenvalue weighted by Crippen LogP contribution is 2.37. The van der Waals surface area contributed by atoms with Crippen molar-refractivity contribution in [1.82, 2.24) is 9.71 Å². The second kappa shape index (κ2) is 10.1. The summed E-state index contributed by atoms with van der Waals surface area (Å²) in [4.78, 5) is 27.0. The molecule has 34 heavy (non-hydrogen) atoms. The van der Waals surface area contributed by atoms with Crippen molar-refractivity contribution in [3.63, 3.8) is 0 Å². The zero-order valence-electron chi connectivity index (χ0n) is 19.0. The molecule has 0 radical (unpaired) electrons. The van der Waals surface area contributed by atoms with E-state index in [1.165, 1.54) is 24.3 Å². The zero-order valence-corrected chi connectivity index (χ0v) is 20.6. The number of anilines is 2. The maximum Gasteiger partial charge on any atom is 0.421 e. The fourth-order valence-corrected chi connectivity index (χ4v) is 4.70. The molecule has 12 heteroatoms. The molecular weight excluding hydrogens is 484 g/mol. The molecule has 1 saturated carbocycles. The van der Waals surface area contributed by atoms with Crippen LogP contribution in [0.3, 0.4) is 0 Å². The Bertz CT molecular complexity index is 1160. The van der Waals surface area contributed by atoms with Gasteiger partial charge in [-0.3, -0.25) is 0 Å². The Morgan fingerprint density at radius 1 is 1.18 bits per heavy atom. The third kappa shape index (κ3) is 6.97. The van der Waals surface area contributed by atoms with Crippen LogP contribution >= 0.6 is 11.6 Å². The number of sulfonamides is 1. The van der Waals surface area contributed by atoms with Crippen LogP contribution in [0.5, 0.6) is 0 Å². The Labute approximate surface area is 203 Å². The molecule has 0 bridgehead atoms. The number of nitrogens with two attached hydrogens (primary N) is 1. The van der Waals surface area contributed by atoms with Crippen molar-refractivity contribution < 1.29 is 27.5 Å². The number of hydrogen-bond donors (Lipinski definition) is 3. The molecule has 0 aliphatic heterocycles. The van der Waals surface area contributed by atoms with Gasteiger partial charge in [0.2, 0.25) is 0 Å². The summed E-state index contributed by atoms with van der Waals surface area (Å²) in [7, 11) is -4.09. The van der Waals surface area contributed by atoms with Gasteiger partial charge in [0.1, 0.15) is 17.5 Å². The lowest BCUT2D eigenvalue weighted by molar-refractivity contribution is 0.0570. The quantitative estimate of drug-likeness (QED) is 0.516. The summed E-state index contributed by atoms with van der Waals surface area (Å²) >= 11 is 6.40. The van der Waals surface area contributed by atoms with Crippen LogP contribution in [0.4, 0.5) is 21.1 Å². The van der Waals surface area contributed by atoms with Gasteiger partial charge in [0.15, 0.2) is 0 Å². The summed E-state index contributed by atoms with van der Waals surface area (Å²) in [6.07, 6.45) is 1.87. The molecule has 2 amide bonds. The van der Waals surface area contributed by atoms with E-state index in [0.29, 0.717) is 22.9 Å². The predicted octanol–water partition coefficient (Wildman–Crippen LogP) is 4.42. The number of pyridine rings is 1. The fraction of sp³-hybridized carbons (Fsp3) is 0.409. The van der Waals surface area contributed by atoms with Crippen LogP contribution in [0.1, 0.15) is 51.5 Å². The number of primary amides is 1. The summed E-state index contributed by atoms with van der Waals surface area (Å²) < 4.78 is 36.7. The molecule has 1 aromatic heterocycles. The van der Waals surface area contributed by atoms with E-state index < -0.39 is 27.8 Å². The van der Waals surface area contributed by atoms with E-state index in [0.717, 1.165) is 18.4 Å². The first kappa shape index (κ1) is 25.6. The number of amides is 2. The van der Waals surface area contributed by atoms with Crippen LogP contribution in [0.25, 0.3) is 0 Å². The largest absolute Gasteiger partial charge is 0.446 e. The van der Waals surface area contributed by atoms with Crippen LogP contribution in [0.2, 0.25) is 5.02 Å². The van der Waals surface area contributed by atoms with Gasteiger partial charge >= 0.3 is 12.2 Å². The van der Waals surface area contributed by atoms with E-state index in [1.807, 2.05) is 4.72 Å². The number of aromatic nitrogens is 1. The minimum absolute atomic E-state index is 0.104. The standard InChI is InChI=1S/C22H27ClN4O6S/c1-22(2,3)33-21(29)27-34(30,31)17-8-5-15(6-9-17)26-19-18(23)11-14(12-25-19)13-4-7-16(10-13)32-20(24)28/h5-6,8-9,11-13,16H,4,7,10H2,1-3H3,(H2,24,28)(H,25,26)(H,27,29). The van der Waals surface area contributed by atoms with Crippen LogP contribution in [-0.4, -0.2) is 37.3 Å². The van der Waals surface area contributed by atoms with Crippen molar-refractivity contribution in [2.24, 2.45) is 5.73 Å². The number of nitrogens with one attached hydrogen (secondary N) is 2. The van der Waals surface area contributed by atoms with Crippen LogP contribution < -0.4 is 15.8 Å². The van der Waals surface area contributed by atoms with Gasteiger partial charge < -0.3 is 20.5 Å². The first-order chi connectivity index (χ1) is 15.8. The number of nitrogens with zero attached hydrogens (tertiary/aromatic N) is 1. The number of ether oxygens (including phenoxy) is 2. The lowest BCUT2D eigenvalue weighted by Gasteiger charge is -2.19. The van der Waals surface area contributed by atoms with Crippen molar-refractivity contribution >= 4 is 45.3 Å². The molecule has 1 heterocycles. The lowest BCUT2D eigenvalue weighted by Crippen LogP contribution is -2.36. The molecule has 0 saturated heterocycles. The third-order valence-corrected chi connectivity index (χ3v) is 6.66. The molecule has 1 aliphatic rings. The maximum absolute atomic E-state index is 12.4. The van der Waals surface area contributed by atoms with Crippen LogP contribution in [-0.2, 0) is 19.5 Å². The molecule has 1 aliphatic carbocycles. The van der Waals surface area contributed by atoms with Gasteiger partial charge in [-0.05, 0) is 81.8 Å². The van der Waals surface area contributed by atoms with E-state index in [4.69, 9.17) is 26.8 Å². The first-order valence-corrected chi connectivity index (χ1v) is 12.4. The first-order valence-electron chi connectivity index (χ1n) is 10.6. The number of benzene rings is 1. The summed E-state index contributed by atoms with van der Waals surface area (Å²) in [5, 5.41) is 3.43. The molecule has 0 spiro atoms. The zero-order chi connectivity index (χ0) is 25.1. The van der Waals surface area contributed by atoms with Gasteiger partial charge in [-0.1, -0.05) is 11.6 Å². The van der Waals surface area contributed by atoms with Gasteiger partial charge in [-0.2, -0.15) is 0 Å². The van der Waals surface area contributed by atoms with Crippen molar-refractivity contribution in [1.29, 1.82) is 0 Å². The molecule has 1 aromatic carbocycles. The van der Waals surface area contributed by atoms with E-state index in [2.05, 4.69) is 10.3 Å². The Morgan fingerprint density at radius 2 is 1.85 bits per heavy atom. The second-order valence-electron chi connectivity index (χ2n) is 8.92. The monoisotopic (exact) mass is 510 g/mol. The van der Waals surface area contributed by atoms with Crippen molar-refractivity contribution in [3.05, 3.63) is 47.1 Å². The van der Waals surface area contributed by atoms with Crippen molar-refractivity contribution in [2.75, 3.05) is 5.32 Å². The molecule has 2 unspecified atom stereocenters.